The minimum Gasteiger partial charge on any atom is -0.489 e. The normalized spacial score (nSPS) is 10.5. The van der Waals surface area contributed by atoms with E-state index in [4.69, 9.17) is 16.3 Å². The van der Waals surface area contributed by atoms with Crippen molar-refractivity contribution in [2.24, 2.45) is 0 Å². The van der Waals surface area contributed by atoms with Crippen LogP contribution in [0.1, 0.15) is 16.7 Å². The van der Waals surface area contributed by atoms with Gasteiger partial charge in [-0.2, -0.15) is 0 Å². The summed E-state index contributed by atoms with van der Waals surface area (Å²) in [6, 6.07) is 13.9. The van der Waals surface area contributed by atoms with Crippen LogP contribution in [0, 0.1) is 6.92 Å². The Morgan fingerprint density at radius 1 is 1.13 bits per heavy atom. The van der Waals surface area contributed by atoms with Crippen molar-refractivity contribution in [3.05, 3.63) is 76.8 Å². The van der Waals surface area contributed by atoms with Crippen LogP contribution in [-0.2, 0) is 13.2 Å². The van der Waals surface area contributed by atoms with Gasteiger partial charge in [0.1, 0.15) is 25.0 Å². The molecule has 3 rings (SSSR count). The van der Waals surface area contributed by atoms with Gasteiger partial charge in [-0.15, -0.1) is 10.2 Å². The first-order chi connectivity index (χ1) is 11.2. The van der Waals surface area contributed by atoms with Gasteiger partial charge in [-0.25, -0.2) is 4.68 Å². The van der Waals surface area contributed by atoms with Gasteiger partial charge in [-0.1, -0.05) is 41.4 Å². The summed E-state index contributed by atoms with van der Waals surface area (Å²) >= 11 is 6.10. The van der Waals surface area contributed by atoms with Crippen LogP contribution in [0.3, 0.4) is 0 Å². The van der Waals surface area contributed by atoms with E-state index in [2.05, 4.69) is 40.7 Å². The first kappa shape index (κ1) is 15.4. The summed E-state index contributed by atoms with van der Waals surface area (Å²) in [5, 5.41) is 8.18. The van der Waals surface area contributed by atoms with E-state index in [9.17, 15) is 0 Å². The number of halogens is 1. The van der Waals surface area contributed by atoms with Crippen LogP contribution >= 0.6 is 11.6 Å². The molecule has 0 saturated heterocycles. The summed E-state index contributed by atoms with van der Waals surface area (Å²) in [6.45, 7) is 3.14. The predicted molar refractivity (Wildman–Crippen MR) is 90.0 cm³/mol. The Morgan fingerprint density at radius 3 is 2.74 bits per heavy atom. The third-order valence-corrected chi connectivity index (χ3v) is 3.61. The summed E-state index contributed by atoms with van der Waals surface area (Å²) in [5.41, 5.74) is 6.50. The van der Waals surface area contributed by atoms with E-state index in [1.807, 2.05) is 24.3 Å². The van der Waals surface area contributed by atoms with Gasteiger partial charge in [0, 0.05) is 10.6 Å². The molecule has 0 aliphatic heterocycles. The molecule has 0 saturated carbocycles. The lowest BCUT2D eigenvalue weighted by molar-refractivity contribution is 0.303. The molecule has 118 valence electrons. The molecule has 0 fully saturated rings. The zero-order valence-corrected chi connectivity index (χ0v) is 13.5. The number of nitrogens with one attached hydrogen (secondary N) is 1. The molecule has 0 spiro atoms. The number of nitrogens with zero attached hydrogens (tertiary/aromatic N) is 3. The van der Waals surface area contributed by atoms with E-state index < -0.39 is 0 Å². The van der Waals surface area contributed by atoms with Gasteiger partial charge >= 0.3 is 0 Å². The van der Waals surface area contributed by atoms with Gasteiger partial charge in [0.2, 0.25) is 0 Å². The highest BCUT2D eigenvalue weighted by Gasteiger charge is 2.06. The Bertz CT molecular complexity index is 774. The monoisotopic (exact) mass is 328 g/mol. The summed E-state index contributed by atoms with van der Waals surface area (Å²) in [6.07, 6.45) is 3.19. The second kappa shape index (κ2) is 7.15. The fourth-order valence-electron chi connectivity index (χ4n) is 2.25. The third-order valence-electron chi connectivity index (χ3n) is 3.37. The van der Waals surface area contributed by atoms with Gasteiger partial charge < -0.3 is 10.2 Å². The maximum absolute atomic E-state index is 6.10. The van der Waals surface area contributed by atoms with E-state index in [0.717, 1.165) is 16.9 Å². The zero-order valence-electron chi connectivity index (χ0n) is 12.7. The first-order valence-electron chi connectivity index (χ1n) is 7.26. The van der Waals surface area contributed by atoms with Crippen LogP contribution in [0.25, 0.3) is 0 Å². The average Bonchev–Trinajstić information content (AvgIpc) is 3.05. The van der Waals surface area contributed by atoms with Crippen molar-refractivity contribution in [3.8, 4) is 5.75 Å². The van der Waals surface area contributed by atoms with E-state index in [1.54, 1.807) is 17.3 Å². The highest BCUT2D eigenvalue weighted by Crippen LogP contribution is 2.24. The smallest absolute Gasteiger partial charge is 0.138 e. The summed E-state index contributed by atoms with van der Waals surface area (Å²) < 4.78 is 7.65. The van der Waals surface area contributed by atoms with E-state index in [1.165, 1.54) is 5.56 Å². The van der Waals surface area contributed by atoms with Crippen molar-refractivity contribution in [2.75, 3.05) is 5.43 Å². The van der Waals surface area contributed by atoms with Crippen LogP contribution in [0.5, 0.6) is 5.75 Å². The standard InChI is InChI=1S/C17H17ClN4O/c1-13-3-2-4-14(7-13)10-23-17-6-5-16(18)8-15(17)9-21-22-11-19-20-12-22/h2-8,11-12,21H,9-10H2,1H3. The quantitative estimate of drug-likeness (QED) is 0.751. The Labute approximate surface area is 139 Å². The Balaban J connectivity index is 1.70. The highest BCUT2D eigenvalue weighted by molar-refractivity contribution is 6.30. The minimum atomic E-state index is 0.517. The Hall–Kier alpha value is -2.53. The van der Waals surface area contributed by atoms with Crippen LogP contribution in [-0.4, -0.2) is 14.9 Å². The fraction of sp³-hybridized carbons (Fsp3) is 0.176. The molecule has 0 unspecified atom stereocenters. The molecule has 0 aliphatic carbocycles. The van der Waals surface area contributed by atoms with Gasteiger partial charge in [-0.3, -0.25) is 0 Å². The molecular weight excluding hydrogens is 312 g/mol. The lowest BCUT2D eigenvalue weighted by Crippen LogP contribution is -2.13. The van der Waals surface area contributed by atoms with Crippen LogP contribution in [0.15, 0.2) is 55.1 Å². The largest absolute Gasteiger partial charge is 0.489 e. The molecular formula is C17H17ClN4O. The molecule has 2 aromatic carbocycles. The van der Waals surface area contributed by atoms with Crippen molar-refractivity contribution in [1.82, 2.24) is 14.9 Å². The van der Waals surface area contributed by atoms with Crippen molar-refractivity contribution in [3.63, 3.8) is 0 Å². The zero-order chi connectivity index (χ0) is 16.1. The van der Waals surface area contributed by atoms with Crippen LogP contribution < -0.4 is 10.2 Å². The lowest BCUT2D eigenvalue weighted by Gasteiger charge is -2.13. The molecule has 1 heterocycles. The summed E-state index contributed by atoms with van der Waals surface area (Å²) in [5.74, 6) is 0.802. The summed E-state index contributed by atoms with van der Waals surface area (Å²) in [7, 11) is 0. The molecule has 1 N–H and O–H groups in total. The molecule has 5 nitrogen and oxygen atoms in total. The number of ether oxygens (including phenoxy) is 1. The van der Waals surface area contributed by atoms with E-state index in [-0.39, 0.29) is 0 Å². The second-order valence-electron chi connectivity index (χ2n) is 5.23. The van der Waals surface area contributed by atoms with Gasteiger partial charge in [0.25, 0.3) is 0 Å². The number of aromatic nitrogens is 3. The number of aryl methyl sites for hydroxylation is 1. The second-order valence-corrected chi connectivity index (χ2v) is 5.67. The molecule has 0 atom stereocenters. The maximum atomic E-state index is 6.10. The number of hydrogen-bond acceptors (Lipinski definition) is 4. The fourth-order valence-corrected chi connectivity index (χ4v) is 2.44. The molecule has 0 radical (unpaired) electrons. The highest BCUT2D eigenvalue weighted by atomic mass is 35.5. The summed E-state index contributed by atoms with van der Waals surface area (Å²) in [4.78, 5) is 0. The van der Waals surface area contributed by atoms with Crippen LogP contribution in [0.4, 0.5) is 0 Å². The average molecular weight is 329 g/mol. The van der Waals surface area contributed by atoms with Crippen LogP contribution in [0.2, 0.25) is 5.02 Å². The Morgan fingerprint density at radius 2 is 1.96 bits per heavy atom. The molecule has 1 aromatic heterocycles. The number of benzene rings is 2. The molecule has 23 heavy (non-hydrogen) atoms. The topological polar surface area (TPSA) is 52.0 Å². The van der Waals surface area contributed by atoms with Crippen molar-refractivity contribution < 1.29 is 4.74 Å². The third kappa shape index (κ3) is 4.23. The SMILES string of the molecule is Cc1cccc(COc2ccc(Cl)cc2CNn2cnnc2)c1. The van der Waals surface area contributed by atoms with Gasteiger partial charge in [0.05, 0.1) is 6.54 Å². The van der Waals surface area contributed by atoms with E-state index >= 15 is 0 Å². The number of rotatable bonds is 6. The van der Waals surface area contributed by atoms with Gasteiger partial charge in [-0.05, 0) is 30.7 Å². The van der Waals surface area contributed by atoms with E-state index in [0.29, 0.717) is 18.2 Å². The number of hydrogen-bond donors (Lipinski definition) is 1. The lowest BCUT2D eigenvalue weighted by atomic mass is 10.1. The first-order valence-corrected chi connectivity index (χ1v) is 7.64. The molecule has 0 aliphatic rings. The van der Waals surface area contributed by atoms with Crippen molar-refractivity contribution in [1.29, 1.82) is 0 Å². The molecule has 0 bridgehead atoms. The van der Waals surface area contributed by atoms with Crippen molar-refractivity contribution in [2.45, 2.75) is 20.1 Å². The molecule has 6 heteroatoms. The van der Waals surface area contributed by atoms with Gasteiger partial charge in [0.15, 0.2) is 0 Å². The molecule has 3 aromatic rings. The minimum absolute atomic E-state index is 0.517. The maximum Gasteiger partial charge on any atom is 0.138 e. The molecule has 0 amide bonds. The predicted octanol–water partition coefficient (Wildman–Crippen LogP) is 3.56. The van der Waals surface area contributed by atoms with Crippen molar-refractivity contribution >= 4 is 11.6 Å². The Kier molecular flexibility index (Phi) is 4.78.